The average molecular weight is 384 g/mol. The maximum absolute atomic E-state index is 12.6. The van der Waals surface area contributed by atoms with E-state index in [1.807, 2.05) is 19.1 Å². The van der Waals surface area contributed by atoms with Crippen molar-refractivity contribution in [2.75, 3.05) is 11.8 Å². The van der Waals surface area contributed by atoms with Gasteiger partial charge in [-0.1, -0.05) is 6.07 Å². The van der Waals surface area contributed by atoms with Gasteiger partial charge in [0.1, 0.15) is 16.7 Å². The van der Waals surface area contributed by atoms with Crippen molar-refractivity contribution in [3.8, 4) is 22.3 Å². The number of aryl methyl sites for hydroxylation is 1. The van der Waals surface area contributed by atoms with E-state index >= 15 is 0 Å². The van der Waals surface area contributed by atoms with Crippen molar-refractivity contribution in [3.05, 3.63) is 65.0 Å². The molecule has 0 bridgehead atoms. The Labute approximate surface area is 156 Å². The van der Waals surface area contributed by atoms with Crippen LogP contribution in [0.2, 0.25) is 0 Å². The fourth-order valence-corrected chi connectivity index (χ4v) is 4.34. The molecule has 2 aromatic carbocycles. The van der Waals surface area contributed by atoms with Crippen LogP contribution in [-0.4, -0.2) is 15.5 Å². The lowest BCUT2D eigenvalue weighted by molar-refractivity contribution is 0.414. The average Bonchev–Trinajstić information content (AvgIpc) is 3.10. The van der Waals surface area contributed by atoms with Crippen LogP contribution in [0.1, 0.15) is 10.4 Å². The first-order chi connectivity index (χ1) is 12.4. The van der Waals surface area contributed by atoms with Crippen LogP contribution in [-0.2, 0) is 10.0 Å². The molecule has 1 N–H and O–H groups in total. The number of nitriles is 1. The van der Waals surface area contributed by atoms with Gasteiger partial charge in [0.15, 0.2) is 0 Å². The quantitative estimate of drug-likeness (QED) is 0.707. The van der Waals surface area contributed by atoms with Gasteiger partial charge in [-0.15, -0.1) is 11.3 Å². The van der Waals surface area contributed by atoms with Crippen LogP contribution in [0.25, 0.3) is 10.4 Å². The Kier molecular flexibility index (Phi) is 4.98. The molecule has 7 heteroatoms. The van der Waals surface area contributed by atoms with Gasteiger partial charge >= 0.3 is 0 Å². The highest BCUT2D eigenvalue weighted by Gasteiger charge is 2.15. The molecular weight excluding hydrogens is 368 g/mol. The van der Waals surface area contributed by atoms with Gasteiger partial charge in [-0.2, -0.15) is 5.26 Å². The monoisotopic (exact) mass is 384 g/mol. The second kappa shape index (κ2) is 7.20. The SMILES string of the molecule is COc1ccc(S(=O)(=O)Nc2cc(C)cc(-c3ccc(C#N)s3)c2)cc1. The first-order valence-electron chi connectivity index (χ1n) is 7.70. The van der Waals surface area contributed by atoms with Crippen LogP contribution >= 0.6 is 11.3 Å². The van der Waals surface area contributed by atoms with Gasteiger partial charge in [-0.25, -0.2) is 8.42 Å². The summed E-state index contributed by atoms with van der Waals surface area (Å²) in [5.74, 6) is 0.591. The summed E-state index contributed by atoms with van der Waals surface area (Å²) in [5.41, 5.74) is 2.26. The fourth-order valence-electron chi connectivity index (χ4n) is 2.51. The van der Waals surface area contributed by atoms with Crippen molar-refractivity contribution in [3.63, 3.8) is 0 Å². The van der Waals surface area contributed by atoms with Gasteiger partial charge in [-0.3, -0.25) is 4.72 Å². The summed E-state index contributed by atoms with van der Waals surface area (Å²) in [4.78, 5) is 1.68. The predicted molar refractivity (Wildman–Crippen MR) is 103 cm³/mol. The van der Waals surface area contributed by atoms with E-state index in [-0.39, 0.29) is 4.90 Å². The predicted octanol–water partition coefficient (Wildman–Crippen LogP) is 4.40. The number of hydrogen-bond acceptors (Lipinski definition) is 5. The topological polar surface area (TPSA) is 79.2 Å². The minimum absolute atomic E-state index is 0.157. The lowest BCUT2D eigenvalue weighted by Crippen LogP contribution is -2.13. The normalized spacial score (nSPS) is 11.0. The van der Waals surface area contributed by atoms with E-state index in [4.69, 9.17) is 10.00 Å². The summed E-state index contributed by atoms with van der Waals surface area (Å²) in [6, 6.07) is 17.4. The number of rotatable bonds is 5. The number of thiophene rings is 1. The van der Waals surface area contributed by atoms with E-state index < -0.39 is 10.0 Å². The zero-order valence-electron chi connectivity index (χ0n) is 14.2. The second-order valence-corrected chi connectivity index (χ2v) is 8.41. The van der Waals surface area contributed by atoms with Crippen molar-refractivity contribution in [1.82, 2.24) is 0 Å². The third-order valence-corrected chi connectivity index (χ3v) is 6.14. The Bertz CT molecular complexity index is 1080. The lowest BCUT2D eigenvalue weighted by Gasteiger charge is -2.11. The van der Waals surface area contributed by atoms with Crippen molar-refractivity contribution < 1.29 is 13.2 Å². The Hall–Kier alpha value is -2.82. The Morgan fingerprint density at radius 2 is 1.81 bits per heavy atom. The number of nitrogens with one attached hydrogen (secondary N) is 1. The van der Waals surface area contributed by atoms with Crippen LogP contribution in [0, 0.1) is 18.3 Å². The molecule has 0 amide bonds. The van der Waals surface area contributed by atoms with E-state index in [1.54, 1.807) is 30.3 Å². The van der Waals surface area contributed by atoms with Gasteiger partial charge < -0.3 is 4.74 Å². The largest absolute Gasteiger partial charge is 0.497 e. The Morgan fingerprint density at radius 1 is 1.08 bits per heavy atom. The summed E-state index contributed by atoms with van der Waals surface area (Å²) in [6.45, 7) is 1.90. The van der Waals surface area contributed by atoms with Crippen molar-refractivity contribution in [2.45, 2.75) is 11.8 Å². The zero-order chi connectivity index (χ0) is 18.7. The molecule has 3 rings (SSSR count). The first kappa shape index (κ1) is 18.0. The van der Waals surface area contributed by atoms with E-state index in [0.717, 1.165) is 16.0 Å². The number of sulfonamides is 1. The maximum atomic E-state index is 12.6. The number of benzene rings is 2. The van der Waals surface area contributed by atoms with Gasteiger partial charge in [-0.05, 0) is 66.6 Å². The van der Waals surface area contributed by atoms with Gasteiger partial charge in [0.05, 0.1) is 12.0 Å². The molecule has 0 radical (unpaired) electrons. The molecule has 0 spiro atoms. The van der Waals surface area contributed by atoms with Crippen molar-refractivity contribution in [1.29, 1.82) is 5.26 Å². The van der Waals surface area contributed by atoms with Crippen molar-refractivity contribution >= 4 is 27.0 Å². The third-order valence-electron chi connectivity index (χ3n) is 3.70. The van der Waals surface area contributed by atoms with Gasteiger partial charge in [0.2, 0.25) is 0 Å². The summed E-state index contributed by atoms with van der Waals surface area (Å²) in [7, 11) is -2.18. The van der Waals surface area contributed by atoms with E-state index in [1.165, 1.54) is 30.6 Å². The van der Waals surface area contributed by atoms with Crippen LogP contribution in [0.15, 0.2) is 59.5 Å². The van der Waals surface area contributed by atoms with Gasteiger partial charge in [0, 0.05) is 10.6 Å². The van der Waals surface area contributed by atoms with Crippen molar-refractivity contribution in [2.24, 2.45) is 0 Å². The lowest BCUT2D eigenvalue weighted by atomic mass is 10.1. The molecule has 0 aliphatic rings. The highest BCUT2D eigenvalue weighted by Crippen LogP contribution is 2.31. The maximum Gasteiger partial charge on any atom is 0.261 e. The highest BCUT2D eigenvalue weighted by molar-refractivity contribution is 7.92. The first-order valence-corrected chi connectivity index (χ1v) is 10.00. The number of methoxy groups -OCH3 is 1. The molecule has 0 aliphatic carbocycles. The standard InChI is InChI=1S/C19H16N2O3S2/c1-13-9-14(19-8-5-17(12-20)25-19)11-15(10-13)21-26(22,23)18-6-3-16(24-2)4-7-18/h3-11,21H,1-2H3. The summed E-state index contributed by atoms with van der Waals surface area (Å²) in [6.07, 6.45) is 0. The number of anilines is 1. The smallest absolute Gasteiger partial charge is 0.261 e. The molecule has 26 heavy (non-hydrogen) atoms. The zero-order valence-corrected chi connectivity index (χ0v) is 15.8. The molecule has 0 unspecified atom stereocenters. The molecule has 0 atom stereocenters. The molecule has 1 aromatic heterocycles. The van der Waals surface area contributed by atoms with Crippen LogP contribution in [0.5, 0.6) is 5.75 Å². The second-order valence-electron chi connectivity index (χ2n) is 5.64. The highest BCUT2D eigenvalue weighted by atomic mass is 32.2. The molecular formula is C19H16N2O3S2. The minimum Gasteiger partial charge on any atom is -0.497 e. The summed E-state index contributed by atoms with van der Waals surface area (Å²) >= 11 is 1.37. The molecule has 132 valence electrons. The van der Waals surface area contributed by atoms with Crippen LogP contribution < -0.4 is 9.46 Å². The number of hydrogen-bond donors (Lipinski definition) is 1. The Balaban J connectivity index is 1.92. The number of nitrogens with zero attached hydrogens (tertiary/aromatic N) is 1. The van der Waals surface area contributed by atoms with Crippen LogP contribution in [0.4, 0.5) is 5.69 Å². The molecule has 0 aliphatic heterocycles. The molecule has 5 nitrogen and oxygen atoms in total. The van der Waals surface area contributed by atoms with E-state index in [2.05, 4.69) is 10.8 Å². The van der Waals surface area contributed by atoms with E-state index in [9.17, 15) is 8.42 Å². The third kappa shape index (κ3) is 3.87. The van der Waals surface area contributed by atoms with Crippen LogP contribution in [0.3, 0.4) is 0 Å². The summed E-state index contributed by atoms with van der Waals surface area (Å²) < 4.78 is 32.9. The minimum atomic E-state index is -3.71. The van der Waals surface area contributed by atoms with Gasteiger partial charge in [0.25, 0.3) is 10.0 Å². The molecule has 1 heterocycles. The summed E-state index contributed by atoms with van der Waals surface area (Å²) in [5, 5.41) is 8.98. The Morgan fingerprint density at radius 3 is 2.42 bits per heavy atom. The fraction of sp³-hybridized carbons (Fsp3) is 0.105. The molecule has 3 aromatic rings. The number of ether oxygens (including phenoxy) is 1. The molecule has 0 fully saturated rings. The van der Waals surface area contributed by atoms with E-state index in [0.29, 0.717) is 16.3 Å². The molecule has 0 saturated carbocycles. The molecule has 0 saturated heterocycles.